The van der Waals surface area contributed by atoms with Crippen molar-refractivity contribution < 1.29 is 9.18 Å². The summed E-state index contributed by atoms with van der Waals surface area (Å²) in [5.41, 5.74) is 0.782. The van der Waals surface area contributed by atoms with Gasteiger partial charge in [0.2, 0.25) is 5.95 Å². The van der Waals surface area contributed by atoms with Crippen molar-refractivity contribution in [3.63, 3.8) is 0 Å². The summed E-state index contributed by atoms with van der Waals surface area (Å²) in [6.45, 7) is 0.904. The molecule has 10 heteroatoms. The second-order valence-corrected chi connectivity index (χ2v) is 6.52. The van der Waals surface area contributed by atoms with Crippen LogP contribution in [0.2, 0.25) is 0 Å². The molecule has 0 bridgehead atoms. The minimum absolute atomic E-state index is 0.192. The van der Waals surface area contributed by atoms with Gasteiger partial charge in [-0.2, -0.15) is 4.98 Å². The number of carbonyl (C=O) groups is 1. The van der Waals surface area contributed by atoms with E-state index in [9.17, 15) is 9.18 Å². The highest BCUT2D eigenvalue weighted by Gasteiger charge is 2.24. The molecule has 0 aliphatic carbocycles. The Morgan fingerprint density at radius 3 is 2.89 bits per heavy atom. The van der Waals surface area contributed by atoms with Crippen molar-refractivity contribution in [2.75, 3.05) is 42.3 Å². The molecule has 0 saturated carbocycles. The zero-order valence-electron chi connectivity index (χ0n) is 15.0. The molecule has 1 fully saturated rings. The molecule has 1 saturated heterocycles. The van der Waals surface area contributed by atoms with Crippen molar-refractivity contribution in [2.45, 2.75) is 12.6 Å². The van der Waals surface area contributed by atoms with E-state index < -0.39 is 12.1 Å². The van der Waals surface area contributed by atoms with Gasteiger partial charge in [0, 0.05) is 26.8 Å². The minimum atomic E-state index is -0.853. The fraction of sp³-hybridized carbons (Fsp3) is 0.353. The Kier molecular flexibility index (Phi) is 4.30. The summed E-state index contributed by atoms with van der Waals surface area (Å²) >= 11 is 0. The lowest BCUT2D eigenvalue weighted by molar-refractivity contribution is 0.101. The van der Waals surface area contributed by atoms with Gasteiger partial charge in [0.1, 0.15) is 17.8 Å². The molecule has 27 heavy (non-hydrogen) atoms. The summed E-state index contributed by atoms with van der Waals surface area (Å²) in [4.78, 5) is 28.9. The normalized spacial score (nSPS) is 16.7. The molecule has 3 aromatic heterocycles. The SMILES string of the molecule is CN(C)c1ccnc(NC(=O)c2cnc3ccc(N4CC[C@H](F)C4)nn23)n1. The molecule has 0 spiro atoms. The van der Waals surface area contributed by atoms with Gasteiger partial charge in [0.25, 0.3) is 5.91 Å². The lowest BCUT2D eigenvalue weighted by atomic mass is 10.3. The van der Waals surface area contributed by atoms with Gasteiger partial charge in [-0.15, -0.1) is 5.10 Å². The Balaban J connectivity index is 1.61. The zero-order chi connectivity index (χ0) is 19.0. The van der Waals surface area contributed by atoms with Gasteiger partial charge in [-0.1, -0.05) is 0 Å². The number of aromatic nitrogens is 5. The summed E-state index contributed by atoms with van der Waals surface area (Å²) in [6, 6.07) is 5.28. The van der Waals surface area contributed by atoms with Gasteiger partial charge < -0.3 is 9.80 Å². The van der Waals surface area contributed by atoms with Crippen LogP contribution in [0.4, 0.5) is 22.0 Å². The topological polar surface area (TPSA) is 91.5 Å². The molecule has 4 heterocycles. The van der Waals surface area contributed by atoms with Gasteiger partial charge in [0.15, 0.2) is 11.3 Å². The van der Waals surface area contributed by atoms with Crippen molar-refractivity contribution >= 4 is 29.1 Å². The van der Waals surface area contributed by atoms with Gasteiger partial charge in [-0.25, -0.2) is 18.9 Å². The third kappa shape index (κ3) is 3.37. The molecule has 4 rings (SSSR count). The first kappa shape index (κ1) is 17.1. The second kappa shape index (κ2) is 6.78. The average molecular weight is 370 g/mol. The first-order chi connectivity index (χ1) is 13.0. The van der Waals surface area contributed by atoms with Crippen molar-refractivity contribution in [3.8, 4) is 0 Å². The summed E-state index contributed by atoms with van der Waals surface area (Å²) in [5, 5.41) is 7.13. The first-order valence-corrected chi connectivity index (χ1v) is 8.57. The van der Waals surface area contributed by atoms with Crippen LogP contribution in [0.15, 0.2) is 30.6 Å². The molecule has 140 valence electrons. The van der Waals surface area contributed by atoms with Crippen LogP contribution in [-0.2, 0) is 0 Å². The van der Waals surface area contributed by atoms with E-state index in [-0.39, 0.29) is 11.6 Å². The highest BCUT2D eigenvalue weighted by molar-refractivity contribution is 6.02. The number of anilines is 3. The standard InChI is InChI=1S/C17H19FN8O/c1-24(2)14-5-7-19-17(21-14)22-16(27)12-9-20-13-3-4-15(23-26(12)13)25-8-6-11(18)10-25/h3-5,7,9,11H,6,8,10H2,1-2H3,(H,19,21,22,27)/t11-/m0/s1. The van der Waals surface area contributed by atoms with Crippen molar-refractivity contribution in [2.24, 2.45) is 0 Å². The number of rotatable bonds is 4. The van der Waals surface area contributed by atoms with Crippen LogP contribution in [0.1, 0.15) is 16.9 Å². The van der Waals surface area contributed by atoms with Crippen LogP contribution in [0.25, 0.3) is 5.65 Å². The number of halogens is 1. The van der Waals surface area contributed by atoms with E-state index in [4.69, 9.17) is 0 Å². The molecule has 9 nitrogen and oxygen atoms in total. The highest BCUT2D eigenvalue weighted by Crippen LogP contribution is 2.20. The maximum absolute atomic E-state index is 13.5. The molecule has 1 amide bonds. The third-order valence-corrected chi connectivity index (χ3v) is 4.36. The van der Waals surface area contributed by atoms with Gasteiger partial charge in [-0.3, -0.25) is 10.1 Å². The Morgan fingerprint density at radius 1 is 1.30 bits per heavy atom. The fourth-order valence-electron chi connectivity index (χ4n) is 2.94. The van der Waals surface area contributed by atoms with Crippen molar-refractivity contribution in [3.05, 3.63) is 36.3 Å². The van der Waals surface area contributed by atoms with Crippen LogP contribution >= 0.6 is 0 Å². The Bertz CT molecular complexity index is 988. The lowest BCUT2D eigenvalue weighted by Crippen LogP contribution is -2.23. The van der Waals surface area contributed by atoms with Crippen LogP contribution in [0.5, 0.6) is 0 Å². The molecule has 1 aliphatic rings. The van der Waals surface area contributed by atoms with E-state index in [1.54, 1.807) is 24.4 Å². The highest BCUT2D eigenvalue weighted by atomic mass is 19.1. The molecular formula is C17H19FN8O. The maximum Gasteiger partial charge on any atom is 0.278 e. The fourth-order valence-corrected chi connectivity index (χ4v) is 2.94. The Labute approximate surface area is 154 Å². The Morgan fingerprint density at radius 2 is 2.15 bits per heavy atom. The number of amides is 1. The smallest absolute Gasteiger partial charge is 0.278 e. The lowest BCUT2D eigenvalue weighted by Gasteiger charge is -2.16. The number of carbonyl (C=O) groups excluding carboxylic acids is 1. The molecule has 1 aliphatic heterocycles. The van der Waals surface area contributed by atoms with Crippen molar-refractivity contribution in [1.29, 1.82) is 0 Å². The first-order valence-electron chi connectivity index (χ1n) is 8.57. The Hall–Kier alpha value is -3.30. The predicted molar refractivity (Wildman–Crippen MR) is 99.0 cm³/mol. The van der Waals surface area contributed by atoms with Crippen LogP contribution in [0, 0.1) is 0 Å². The van der Waals surface area contributed by atoms with Crippen LogP contribution < -0.4 is 15.1 Å². The number of fused-ring (bicyclic) bond motifs is 1. The van der Waals surface area contributed by atoms with Gasteiger partial charge in [0.05, 0.1) is 12.7 Å². The average Bonchev–Trinajstić information content (AvgIpc) is 3.27. The van der Waals surface area contributed by atoms with Gasteiger partial charge in [-0.05, 0) is 24.6 Å². The van der Waals surface area contributed by atoms with E-state index in [1.165, 1.54) is 10.7 Å². The van der Waals surface area contributed by atoms with E-state index >= 15 is 0 Å². The maximum atomic E-state index is 13.5. The van der Waals surface area contributed by atoms with Crippen LogP contribution in [-0.4, -0.2) is 63.8 Å². The van der Waals surface area contributed by atoms with E-state index in [1.807, 2.05) is 23.9 Å². The quantitative estimate of drug-likeness (QED) is 0.742. The van der Waals surface area contributed by atoms with Crippen molar-refractivity contribution in [1.82, 2.24) is 24.6 Å². The van der Waals surface area contributed by atoms with E-state index in [0.29, 0.717) is 36.8 Å². The number of hydrogen-bond donors (Lipinski definition) is 1. The second-order valence-electron chi connectivity index (χ2n) is 6.52. The summed E-state index contributed by atoms with van der Waals surface area (Å²) in [6.07, 6.45) is 2.65. The number of imidazole rings is 1. The summed E-state index contributed by atoms with van der Waals surface area (Å²) in [7, 11) is 3.70. The molecular weight excluding hydrogens is 351 g/mol. The van der Waals surface area contributed by atoms with E-state index in [2.05, 4.69) is 25.4 Å². The number of nitrogens with one attached hydrogen (secondary N) is 1. The molecule has 1 atom stereocenters. The van der Waals surface area contributed by atoms with E-state index in [0.717, 1.165) is 0 Å². The van der Waals surface area contributed by atoms with Gasteiger partial charge >= 0.3 is 0 Å². The predicted octanol–water partition coefficient (Wildman–Crippen LogP) is 1.39. The summed E-state index contributed by atoms with van der Waals surface area (Å²) < 4.78 is 14.9. The number of hydrogen-bond acceptors (Lipinski definition) is 7. The zero-order valence-corrected chi connectivity index (χ0v) is 15.0. The minimum Gasteiger partial charge on any atom is -0.363 e. The summed E-state index contributed by atoms with van der Waals surface area (Å²) in [5.74, 6) is 1.05. The molecule has 1 N–H and O–H groups in total. The molecule has 0 unspecified atom stereocenters. The monoisotopic (exact) mass is 370 g/mol. The molecule has 0 radical (unpaired) electrons. The third-order valence-electron chi connectivity index (χ3n) is 4.36. The number of nitrogens with zero attached hydrogens (tertiary/aromatic N) is 7. The van der Waals surface area contributed by atoms with Crippen LogP contribution in [0.3, 0.4) is 0 Å². The largest absolute Gasteiger partial charge is 0.363 e. The number of alkyl halides is 1. The molecule has 3 aromatic rings. The molecule has 0 aromatic carbocycles.